The van der Waals surface area contributed by atoms with Crippen molar-refractivity contribution in [1.82, 2.24) is 18.8 Å². The number of fused-ring (bicyclic) bond motifs is 1. The molecule has 214 valence electrons. The molecule has 0 bridgehead atoms. The maximum atomic E-state index is 13.2. The average Bonchev–Trinajstić information content (AvgIpc) is 2.97. The summed E-state index contributed by atoms with van der Waals surface area (Å²) >= 11 is 0. The highest BCUT2D eigenvalue weighted by Crippen LogP contribution is 2.30. The average molecular weight is 576 g/mol. The van der Waals surface area contributed by atoms with Crippen LogP contribution in [0, 0.1) is 0 Å². The van der Waals surface area contributed by atoms with Crippen molar-refractivity contribution < 1.29 is 17.9 Å². The lowest BCUT2D eigenvalue weighted by Gasteiger charge is -2.30. The third-order valence-electron chi connectivity index (χ3n) is 7.42. The van der Waals surface area contributed by atoms with Gasteiger partial charge in [0.25, 0.3) is 0 Å². The molecule has 5 rings (SSSR count). The summed E-state index contributed by atoms with van der Waals surface area (Å²) in [6, 6.07) is 15.8. The zero-order valence-electron chi connectivity index (χ0n) is 23.3. The van der Waals surface area contributed by atoms with Crippen molar-refractivity contribution in [2.24, 2.45) is 0 Å². The number of aromatic nitrogens is 3. The van der Waals surface area contributed by atoms with Crippen molar-refractivity contribution >= 4 is 38.7 Å². The summed E-state index contributed by atoms with van der Waals surface area (Å²) in [7, 11) is -3.16. The highest BCUT2D eigenvalue weighted by molar-refractivity contribution is 7.88. The fourth-order valence-corrected chi connectivity index (χ4v) is 5.98. The van der Waals surface area contributed by atoms with Gasteiger partial charge in [-0.3, -0.25) is 4.79 Å². The molecule has 11 heteroatoms. The first-order chi connectivity index (χ1) is 19.7. The van der Waals surface area contributed by atoms with Gasteiger partial charge in [0.1, 0.15) is 5.56 Å². The van der Waals surface area contributed by atoms with Gasteiger partial charge in [0.15, 0.2) is 5.65 Å². The number of anilines is 2. The number of aryl methyl sites for hydroxylation is 1. The summed E-state index contributed by atoms with van der Waals surface area (Å²) in [6.07, 6.45) is 6.59. The summed E-state index contributed by atoms with van der Waals surface area (Å²) in [4.78, 5) is 34.8. The zero-order valence-corrected chi connectivity index (χ0v) is 24.1. The van der Waals surface area contributed by atoms with Gasteiger partial charge in [0, 0.05) is 36.9 Å². The number of benzene rings is 2. The maximum Gasteiger partial charge on any atom is 0.343 e. The van der Waals surface area contributed by atoms with Crippen molar-refractivity contribution in [3.05, 3.63) is 87.8 Å². The molecule has 2 aromatic heterocycles. The molecule has 1 aliphatic heterocycles. The van der Waals surface area contributed by atoms with Crippen LogP contribution >= 0.6 is 0 Å². The number of hydrogen-bond donors (Lipinski definition) is 1. The smallest absolute Gasteiger partial charge is 0.343 e. The minimum Gasteiger partial charge on any atom is -0.462 e. The molecule has 2 aromatic carbocycles. The highest BCUT2D eigenvalue weighted by atomic mass is 32.2. The molecule has 4 aromatic rings. The Kier molecular flexibility index (Phi) is 8.18. The lowest BCUT2D eigenvalue weighted by atomic mass is 9.90. The van der Waals surface area contributed by atoms with Crippen molar-refractivity contribution in [3.63, 3.8) is 0 Å². The van der Waals surface area contributed by atoms with E-state index in [-0.39, 0.29) is 17.6 Å². The van der Waals surface area contributed by atoms with Crippen molar-refractivity contribution in [2.75, 3.05) is 31.3 Å². The first-order valence-corrected chi connectivity index (χ1v) is 15.5. The van der Waals surface area contributed by atoms with E-state index in [0.717, 1.165) is 41.8 Å². The largest absolute Gasteiger partial charge is 0.462 e. The molecule has 1 aliphatic rings. The number of carbonyl (C=O) groups excluding carboxylic acids is 1. The summed E-state index contributed by atoms with van der Waals surface area (Å²) in [5.41, 5.74) is 3.61. The lowest BCUT2D eigenvalue weighted by Crippen LogP contribution is -2.37. The quantitative estimate of drug-likeness (QED) is 0.307. The van der Waals surface area contributed by atoms with Gasteiger partial charge >= 0.3 is 5.97 Å². The molecule has 10 nitrogen and oxygen atoms in total. The van der Waals surface area contributed by atoms with Crippen molar-refractivity contribution in [1.29, 1.82) is 0 Å². The van der Waals surface area contributed by atoms with E-state index in [1.54, 1.807) is 11.5 Å². The number of hydrogen-bond acceptors (Lipinski definition) is 8. The van der Waals surface area contributed by atoms with E-state index < -0.39 is 21.4 Å². The molecule has 0 aliphatic carbocycles. The SMILES string of the molecule is CCOC(=O)c1cn(-c2ccc(CC)cc2)c2nc(Nc3ccc(C4CCN(S(C)(=O)=O)CC4)cc3)ncc2c1=O. The predicted octanol–water partition coefficient (Wildman–Crippen LogP) is 4.40. The fourth-order valence-electron chi connectivity index (χ4n) is 5.10. The molecular weight excluding hydrogens is 542 g/mol. The zero-order chi connectivity index (χ0) is 29.1. The summed E-state index contributed by atoms with van der Waals surface area (Å²) in [6.45, 7) is 4.96. The first kappa shape index (κ1) is 28.4. The summed E-state index contributed by atoms with van der Waals surface area (Å²) in [5.74, 6) is -0.0994. The van der Waals surface area contributed by atoms with Crippen LogP contribution in [0.3, 0.4) is 0 Å². The van der Waals surface area contributed by atoms with Crippen molar-refractivity contribution in [3.8, 4) is 5.69 Å². The fraction of sp³-hybridized carbons (Fsp3) is 0.333. The molecular formula is C30H33N5O5S. The number of pyridine rings is 1. The number of nitrogens with one attached hydrogen (secondary N) is 1. The molecule has 0 amide bonds. The van der Waals surface area contributed by atoms with E-state index in [2.05, 4.69) is 22.2 Å². The van der Waals surface area contributed by atoms with Crippen LogP contribution in [0.25, 0.3) is 16.7 Å². The lowest BCUT2D eigenvalue weighted by molar-refractivity contribution is 0.0524. The van der Waals surface area contributed by atoms with E-state index in [1.807, 2.05) is 48.5 Å². The van der Waals surface area contributed by atoms with Crippen LogP contribution in [-0.4, -0.2) is 59.2 Å². The van der Waals surface area contributed by atoms with Gasteiger partial charge in [0.2, 0.25) is 21.4 Å². The Labute approximate surface area is 239 Å². The van der Waals surface area contributed by atoms with Gasteiger partial charge in [-0.2, -0.15) is 4.98 Å². The predicted molar refractivity (Wildman–Crippen MR) is 159 cm³/mol. The minimum absolute atomic E-state index is 0.0822. The molecule has 1 fully saturated rings. The number of esters is 1. The minimum atomic E-state index is -3.16. The van der Waals surface area contributed by atoms with Crippen molar-refractivity contribution in [2.45, 2.75) is 39.0 Å². The number of sulfonamides is 1. The molecule has 0 unspecified atom stereocenters. The van der Waals surface area contributed by atoms with E-state index >= 15 is 0 Å². The molecule has 1 N–H and O–H groups in total. The maximum absolute atomic E-state index is 13.2. The Morgan fingerprint density at radius 3 is 2.34 bits per heavy atom. The van der Waals surface area contributed by atoms with Crippen LogP contribution in [0.5, 0.6) is 0 Å². The molecule has 0 radical (unpaired) electrons. The first-order valence-electron chi connectivity index (χ1n) is 13.7. The van der Waals surface area contributed by atoms with Gasteiger partial charge in [-0.25, -0.2) is 22.5 Å². The Morgan fingerprint density at radius 1 is 1.05 bits per heavy atom. The number of piperidine rings is 1. The molecule has 0 atom stereocenters. The second-order valence-corrected chi connectivity index (χ2v) is 12.1. The van der Waals surface area contributed by atoms with E-state index in [0.29, 0.717) is 30.6 Å². The van der Waals surface area contributed by atoms with Crippen LogP contribution in [-0.2, 0) is 21.2 Å². The topological polar surface area (TPSA) is 123 Å². The molecule has 0 saturated carbocycles. The third kappa shape index (κ3) is 6.15. The highest BCUT2D eigenvalue weighted by Gasteiger charge is 2.25. The monoisotopic (exact) mass is 575 g/mol. The third-order valence-corrected chi connectivity index (χ3v) is 8.73. The van der Waals surface area contributed by atoms with Crippen LogP contribution in [0.2, 0.25) is 0 Å². The van der Waals surface area contributed by atoms with Crippen LogP contribution in [0.15, 0.2) is 65.7 Å². The summed E-state index contributed by atoms with van der Waals surface area (Å²) in [5, 5.41) is 3.42. The second-order valence-electron chi connectivity index (χ2n) is 10.1. The number of nitrogens with zero attached hydrogens (tertiary/aromatic N) is 4. The number of carbonyl (C=O) groups is 1. The Hall–Kier alpha value is -4.09. The normalized spacial score (nSPS) is 14.7. The summed E-state index contributed by atoms with van der Waals surface area (Å²) < 4.78 is 32.0. The number of ether oxygens (including phenoxy) is 1. The Balaban J connectivity index is 1.44. The second kappa shape index (κ2) is 11.8. The van der Waals surface area contributed by atoms with E-state index in [9.17, 15) is 18.0 Å². The van der Waals surface area contributed by atoms with Crippen LogP contribution < -0.4 is 10.7 Å². The number of rotatable bonds is 8. The van der Waals surface area contributed by atoms with E-state index in [4.69, 9.17) is 4.74 Å². The Morgan fingerprint density at radius 2 is 1.73 bits per heavy atom. The van der Waals surface area contributed by atoms with Crippen LogP contribution in [0.4, 0.5) is 11.6 Å². The molecule has 0 spiro atoms. The molecule has 3 heterocycles. The van der Waals surface area contributed by atoms with Crippen LogP contribution in [0.1, 0.15) is 54.1 Å². The van der Waals surface area contributed by atoms with Gasteiger partial charge < -0.3 is 14.6 Å². The van der Waals surface area contributed by atoms with Gasteiger partial charge in [0.05, 0.1) is 18.2 Å². The molecule has 1 saturated heterocycles. The standard InChI is InChI=1S/C30H33N5O5S/c1-4-20-6-12-24(13-7-20)35-19-26(29(37)40-5-2)27(36)25-18-31-30(33-28(25)35)32-23-10-8-21(9-11-23)22-14-16-34(17-15-22)41(3,38)39/h6-13,18-19,22H,4-5,14-17H2,1-3H3,(H,31,32,33). The van der Waals surface area contributed by atoms with Gasteiger partial charge in [-0.15, -0.1) is 0 Å². The van der Waals surface area contributed by atoms with Gasteiger partial charge in [-0.1, -0.05) is 31.2 Å². The molecule has 41 heavy (non-hydrogen) atoms. The van der Waals surface area contributed by atoms with E-state index in [1.165, 1.54) is 23.0 Å². The Bertz CT molecular complexity index is 1730. The van der Waals surface area contributed by atoms with Gasteiger partial charge in [-0.05, 0) is 67.5 Å².